The zero-order chi connectivity index (χ0) is 15.0. The van der Waals surface area contributed by atoms with Crippen molar-refractivity contribution in [3.8, 4) is 0 Å². The van der Waals surface area contributed by atoms with E-state index < -0.39 is 23.7 Å². The molecule has 1 saturated carbocycles. The third-order valence-corrected chi connectivity index (χ3v) is 4.60. The smallest absolute Gasteiger partial charge is 0.307 e. The van der Waals surface area contributed by atoms with Gasteiger partial charge in [-0.2, -0.15) is 0 Å². The maximum atomic E-state index is 11.6. The van der Waals surface area contributed by atoms with Crippen LogP contribution in [-0.4, -0.2) is 29.2 Å². The first-order valence-corrected chi connectivity index (χ1v) is 7.07. The summed E-state index contributed by atoms with van der Waals surface area (Å²) in [5, 5.41) is 23.3. The van der Waals surface area contributed by atoms with Crippen molar-refractivity contribution in [3.63, 3.8) is 0 Å². The molecule has 1 aromatic rings. The first kappa shape index (κ1) is 14.1. The highest BCUT2D eigenvalue weighted by molar-refractivity contribution is 5.72. The molecular formula is C16H19NO4. The van der Waals surface area contributed by atoms with Crippen molar-refractivity contribution in [2.45, 2.75) is 12.3 Å². The van der Waals surface area contributed by atoms with Crippen LogP contribution in [0.25, 0.3) is 0 Å². The molecule has 112 valence electrons. The fourth-order valence-corrected chi connectivity index (χ4v) is 3.69. The van der Waals surface area contributed by atoms with E-state index in [-0.39, 0.29) is 11.8 Å². The van der Waals surface area contributed by atoms with Gasteiger partial charge in [-0.1, -0.05) is 30.4 Å². The number of carboxylic acid groups (broad SMARTS) is 1. The Kier molecular flexibility index (Phi) is 3.47. The average Bonchev–Trinajstić information content (AvgIpc) is 3.09. The summed E-state index contributed by atoms with van der Waals surface area (Å²) in [7, 11) is 1.39. The van der Waals surface area contributed by atoms with Gasteiger partial charge in [-0.25, -0.2) is 0 Å². The van der Waals surface area contributed by atoms with Crippen molar-refractivity contribution in [3.05, 3.63) is 42.5 Å². The molecule has 0 heterocycles. The van der Waals surface area contributed by atoms with Gasteiger partial charge in [0.2, 0.25) is 0 Å². The molecule has 0 radical (unpaired) electrons. The number of hydrogen-bond acceptors (Lipinski definition) is 4. The fraction of sp³-hybridized carbons (Fsp3) is 0.438. The second-order valence-electron chi connectivity index (χ2n) is 5.73. The van der Waals surface area contributed by atoms with E-state index in [4.69, 9.17) is 4.74 Å². The fourth-order valence-electron chi connectivity index (χ4n) is 3.69. The van der Waals surface area contributed by atoms with E-state index in [1.165, 1.54) is 7.11 Å². The van der Waals surface area contributed by atoms with Crippen molar-refractivity contribution in [2.24, 2.45) is 23.7 Å². The summed E-state index contributed by atoms with van der Waals surface area (Å²) in [6, 6.07) is 9.17. The molecule has 0 aliphatic heterocycles. The third-order valence-electron chi connectivity index (χ3n) is 4.60. The first-order chi connectivity index (χ1) is 10.0. The summed E-state index contributed by atoms with van der Waals surface area (Å²) in [6.07, 6.45) is 4.69. The number of para-hydroxylation sites is 1. The van der Waals surface area contributed by atoms with E-state index in [0.29, 0.717) is 5.69 Å². The number of methoxy groups -OCH3 is 1. The lowest BCUT2D eigenvalue weighted by molar-refractivity contribution is -0.217. The number of nitrogens with one attached hydrogen (secondary N) is 1. The second kappa shape index (κ2) is 5.16. The SMILES string of the molecule is CO[C@](O)(Nc1ccccc1)[C@H]1[C@@H](C(=O)O)[C@H]2C=C[C@H]1C2. The Morgan fingerprint density at radius 1 is 1.29 bits per heavy atom. The molecule has 0 unspecified atom stereocenters. The van der Waals surface area contributed by atoms with Crippen LogP contribution in [0.15, 0.2) is 42.5 Å². The molecule has 2 bridgehead atoms. The molecule has 0 spiro atoms. The maximum absolute atomic E-state index is 11.6. The quantitative estimate of drug-likeness (QED) is 0.570. The molecule has 5 atom stereocenters. The van der Waals surface area contributed by atoms with Crippen LogP contribution in [-0.2, 0) is 9.53 Å². The van der Waals surface area contributed by atoms with E-state index in [1.807, 2.05) is 42.5 Å². The second-order valence-corrected chi connectivity index (χ2v) is 5.73. The van der Waals surface area contributed by atoms with Gasteiger partial charge in [0.15, 0.2) is 0 Å². The summed E-state index contributed by atoms with van der Waals surface area (Å²) in [5.74, 6) is -3.76. The molecule has 2 aliphatic carbocycles. The number of allylic oxidation sites excluding steroid dienone is 2. The van der Waals surface area contributed by atoms with E-state index in [2.05, 4.69) is 5.32 Å². The van der Waals surface area contributed by atoms with Gasteiger partial charge in [-0.3, -0.25) is 4.79 Å². The summed E-state index contributed by atoms with van der Waals surface area (Å²) < 4.78 is 5.31. The van der Waals surface area contributed by atoms with E-state index in [9.17, 15) is 15.0 Å². The molecule has 1 fully saturated rings. The van der Waals surface area contributed by atoms with Gasteiger partial charge in [-0.05, 0) is 30.4 Å². The molecule has 5 heteroatoms. The topological polar surface area (TPSA) is 78.8 Å². The number of anilines is 1. The van der Waals surface area contributed by atoms with Crippen molar-refractivity contribution in [1.82, 2.24) is 0 Å². The monoisotopic (exact) mass is 289 g/mol. The molecular weight excluding hydrogens is 270 g/mol. The number of carbonyl (C=O) groups is 1. The van der Waals surface area contributed by atoms with Crippen LogP contribution in [0.4, 0.5) is 5.69 Å². The lowest BCUT2D eigenvalue weighted by Crippen LogP contribution is -2.53. The number of carboxylic acids is 1. The summed E-state index contributed by atoms with van der Waals surface area (Å²) in [4.78, 5) is 11.6. The highest BCUT2D eigenvalue weighted by atomic mass is 16.6. The number of benzene rings is 1. The van der Waals surface area contributed by atoms with Crippen LogP contribution >= 0.6 is 0 Å². The lowest BCUT2D eigenvalue weighted by atomic mass is 9.80. The number of hydrogen-bond donors (Lipinski definition) is 3. The van der Waals surface area contributed by atoms with Gasteiger partial charge >= 0.3 is 5.97 Å². The minimum absolute atomic E-state index is 0.0114. The van der Waals surface area contributed by atoms with Crippen LogP contribution in [0, 0.1) is 23.7 Å². The van der Waals surface area contributed by atoms with Crippen molar-refractivity contribution < 1.29 is 19.7 Å². The molecule has 1 aromatic carbocycles. The number of rotatable bonds is 5. The van der Waals surface area contributed by atoms with Crippen LogP contribution < -0.4 is 5.32 Å². The summed E-state index contributed by atoms with van der Waals surface area (Å²) in [5.41, 5.74) is 0.692. The van der Waals surface area contributed by atoms with Gasteiger partial charge in [0, 0.05) is 12.8 Å². The molecule has 0 amide bonds. The van der Waals surface area contributed by atoms with Crippen LogP contribution in [0.2, 0.25) is 0 Å². The zero-order valence-corrected chi connectivity index (χ0v) is 11.8. The lowest BCUT2D eigenvalue weighted by Gasteiger charge is -2.39. The molecule has 0 saturated heterocycles. The predicted molar refractivity (Wildman–Crippen MR) is 77.4 cm³/mol. The van der Waals surface area contributed by atoms with Gasteiger partial charge < -0.3 is 20.3 Å². The highest BCUT2D eigenvalue weighted by Gasteiger charge is 2.57. The van der Waals surface area contributed by atoms with Gasteiger partial charge in [0.1, 0.15) is 0 Å². The number of aliphatic carboxylic acids is 1. The Morgan fingerprint density at radius 2 is 1.95 bits per heavy atom. The van der Waals surface area contributed by atoms with Crippen molar-refractivity contribution in [2.75, 3.05) is 12.4 Å². The van der Waals surface area contributed by atoms with E-state index in [1.54, 1.807) is 0 Å². The molecule has 21 heavy (non-hydrogen) atoms. The Hall–Kier alpha value is -1.85. The summed E-state index contributed by atoms with van der Waals surface area (Å²) in [6.45, 7) is 0. The molecule has 3 rings (SSSR count). The Morgan fingerprint density at radius 3 is 2.57 bits per heavy atom. The number of aliphatic hydroxyl groups is 1. The van der Waals surface area contributed by atoms with Crippen molar-refractivity contribution >= 4 is 11.7 Å². The Bertz CT molecular complexity index is 559. The molecule has 5 nitrogen and oxygen atoms in total. The molecule has 3 N–H and O–H groups in total. The highest BCUT2D eigenvalue weighted by Crippen LogP contribution is 2.52. The summed E-state index contributed by atoms with van der Waals surface area (Å²) >= 11 is 0. The molecule has 2 aliphatic rings. The largest absolute Gasteiger partial charge is 0.481 e. The first-order valence-electron chi connectivity index (χ1n) is 7.07. The van der Waals surface area contributed by atoms with Gasteiger partial charge in [0.25, 0.3) is 5.91 Å². The standard InChI is InChI=1S/C16H19NO4/c1-21-16(20,17-12-5-3-2-4-6-12)14-11-8-7-10(9-11)13(14)15(18)19/h2-8,10-11,13-14,17,20H,9H2,1H3,(H,18,19)/t10-,11-,13-,14+,16-/m0/s1. The van der Waals surface area contributed by atoms with Crippen molar-refractivity contribution in [1.29, 1.82) is 0 Å². The van der Waals surface area contributed by atoms with Crippen LogP contribution in [0.3, 0.4) is 0 Å². The maximum Gasteiger partial charge on any atom is 0.307 e. The normalized spacial score (nSPS) is 32.9. The van der Waals surface area contributed by atoms with E-state index in [0.717, 1.165) is 6.42 Å². The van der Waals surface area contributed by atoms with Gasteiger partial charge in [-0.15, -0.1) is 0 Å². The third kappa shape index (κ3) is 2.32. The van der Waals surface area contributed by atoms with Crippen LogP contribution in [0.1, 0.15) is 6.42 Å². The average molecular weight is 289 g/mol. The van der Waals surface area contributed by atoms with Gasteiger partial charge in [0.05, 0.1) is 11.8 Å². The minimum atomic E-state index is -1.70. The predicted octanol–water partition coefficient (Wildman–Crippen LogP) is 1.91. The minimum Gasteiger partial charge on any atom is -0.481 e. The Labute approximate surface area is 123 Å². The zero-order valence-electron chi connectivity index (χ0n) is 11.8. The van der Waals surface area contributed by atoms with E-state index >= 15 is 0 Å². The number of ether oxygens (including phenoxy) is 1. The molecule has 0 aromatic heterocycles. The van der Waals surface area contributed by atoms with Crippen LogP contribution in [0.5, 0.6) is 0 Å². The Balaban J connectivity index is 1.91. The number of fused-ring (bicyclic) bond motifs is 2.